The number of ether oxygens (including phenoxy) is 2. The first kappa shape index (κ1) is 40.3. The first-order valence-electron chi connectivity index (χ1n) is 18.5. The molecule has 0 radical (unpaired) electrons. The molecule has 2 aromatic carbocycles. The summed E-state index contributed by atoms with van der Waals surface area (Å²) in [4.78, 5) is 5.17. The zero-order chi connectivity index (χ0) is 38.3. The van der Waals surface area contributed by atoms with Gasteiger partial charge in [-0.1, -0.05) is 12.1 Å². The van der Waals surface area contributed by atoms with E-state index in [2.05, 4.69) is 34.1 Å². The Morgan fingerprint density at radius 1 is 0.660 bits per heavy atom. The maximum atomic E-state index is 12.3. The van der Waals surface area contributed by atoms with Crippen molar-refractivity contribution < 1.29 is 52.4 Å². The topological polar surface area (TPSA) is 182 Å². The summed E-state index contributed by atoms with van der Waals surface area (Å²) in [5.74, 6) is 2.85. The van der Waals surface area contributed by atoms with Gasteiger partial charge < -0.3 is 18.6 Å². The van der Waals surface area contributed by atoms with Crippen molar-refractivity contribution >= 4 is 30.4 Å². The van der Waals surface area contributed by atoms with E-state index in [9.17, 15) is 16.8 Å². The Bertz CT molecular complexity index is 1830. The molecular formula is C36H54N4O10S3. The van der Waals surface area contributed by atoms with Gasteiger partial charge in [-0.3, -0.25) is 18.2 Å². The Hall–Kier alpha value is -2.35. The number of hydrogen-bond acceptors (Lipinski definition) is 12. The zero-order valence-electron chi connectivity index (χ0n) is 31.0. The van der Waals surface area contributed by atoms with Crippen molar-refractivity contribution in [1.82, 2.24) is 9.80 Å². The average molecular weight is 799 g/mol. The fraction of sp³-hybridized carbons (Fsp3) is 0.667. The molecule has 6 aliphatic heterocycles. The molecule has 6 aliphatic rings. The molecule has 0 amide bonds. The number of nitrogens with zero attached hydrogens (tertiary/aromatic N) is 2. The molecule has 8 rings (SSSR count). The van der Waals surface area contributed by atoms with Crippen LogP contribution in [-0.2, 0) is 43.3 Å². The van der Waals surface area contributed by atoms with Gasteiger partial charge in [-0.25, -0.2) is 8.61 Å². The molecule has 8 atom stereocenters. The zero-order valence-corrected chi connectivity index (χ0v) is 33.5. The predicted octanol–water partition coefficient (Wildman–Crippen LogP) is -0.0956. The molecule has 53 heavy (non-hydrogen) atoms. The van der Waals surface area contributed by atoms with Crippen molar-refractivity contribution in [2.24, 2.45) is 11.8 Å². The Morgan fingerprint density at radius 2 is 1.04 bits per heavy atom. The highest BCUT2D eigenvalue weighted by Gasteiger charge is 2.49. The number of sulfonamides is 2. The van der Waals surface area contributed by atoms with Crippen LogP contribution in [0.1, 0.15) is 72.9 Å². The number of methoxy groups -OCH3 is 2. The van der Waals surface area contributed by atoms with Crippen LogP contribution in [0, 0.1) is 11.8 Å². The van der Waals surface area contributed by atoms with Gasteiger partial charge in [0.2, 0.25) is 0 Å². The number of fused-ring (bicyclic) bond motifs is 8. The van der Waals surface area contributed by atoms with E-state index >= 15 is 0 Å². The van der Waals surface area contributed by atoms with Crippen LogP contribution in [0.4, 0.5) is 0 Å². The van der Waals surface area contributed by atoms with Crippen LogP contribution in [0.3, 0.4) is 0 Å². The molecule has 0 aliphatic carbocycles. The second-order valence-corrected chi connectivity index (χ2v) is 20.5. The smallest absolute Gasteiger partial charge is 0.292 e. The highest BCUT2D eigenvalue weighted by atomic mass is 32.3. The third-order valence-corrected chi connectivity index (χ3v) is 15.4. The predicted molar refractivity (Wildman–Crippen MR) is 196 cm³/mol. The van der Waals surface area contributed by atoms with Gasteiger partial charge in [-0.15, -0.1) is 0 Å². The Kier molecular flexibility index (Phi) is 12.2. The van der Waals surface area contributed by atoms with Gasteiger partial charge >= 0.3 is 0 Å². The van der Waals surface area contributed by atoms with Gasteiger partial charge in [0.15, 0.2) is 0 Å². The summed E-state index contributed by atoms with van der Waals surface area (Å²) < 4.78 is 95.5. The minimum Gasteiger partial charge on any atom is -0.759 e. The van der Waals surface area contributed by atoms with E-state index in [1.165, 1.54) is 47.6 Å². The number of piperidine rings is 4. The van der Waals surface area contributed by atoms with E-state index in [1.807, 2.05) is 12.1 Å². The fourth-order valence-electron chi connectivity index (χ4n) is 10.2. The van der Waals surface area contributed by atoms with E-state index in [0.717, 1.165) is 97.9 Å². The molecule has 2 unspecified atom stereocenters. The van der Waals surface area contributed by atoms with Crippen LogP contribution in [-0.4, -0.2) is 122 Å². The monoisotopic (exact) mass is 798 g/mol. The average Bonchev–Trinajstić information content (AvgIpc) is 3.10. The summed E-state index contributed by atoms with van der Waals surface area (Å²) in [6.07, 6.45) is 11.2. The summed E-state index contributed by atoms with van der Waals surface area (Å²) in [5, 5.41) is 0. The van der Waals surface area contributed by atoms with Crippen LogP contribution in [0.15, 0.2) is 36.4 Å². The number of nitrogens with one attached hydrogen (secondary N) is 2. The summed E-state index contributed by atoms with van der Waals surface area (Å²) in [7, 11) is -7.84. The number of quaternary nitrogens is 2. The highest BCUT2D eigenvalue weighted by molar-refractivity contribution is 7.84. The normalized spacial score (nSPS) is 31.2. The Labute approximate surface area is 315 Å². The molecule has 0 spiro atoms. The van der Waals surface area contributed by atoms with Crippen molar-refractivity contribution in [1.29, 1.82) is 0 Å². The highest BCUT2D eigenvalue weighted by Crippen LogP contribution is 2.42. The SMILES string of the molecule is COc1ccc2c(c1)CCN1C[C@H]3CCC[NH+](S(C)(=O)=O)[C@H]3C[C@@H]21.COc1ccc2c(c1)CCN1C[C@H]3CCC[NH+](S(C)(=O)=O)[C@H]3C[C@@H]21.O=S(=O)([O-])[O-]. The lowest BCUT2D eigenvalue weighted by Crippen LogP contribution is -3.19. The molecule has 0 saturated carbocycles. The minimum atomic E-state index is -5.17. The van der Waals surface area contributed by atoms with Crippen LogP contribution in [0.25, 0.3) is 0 Å². The molecule has 2 aromatic rings. The summed E-state index contributed by atoms with van der Waals surface area (Å²) in [6.45, 7) is 5.76. The third-order valence-electron chi connectivity index (χ3n) is 12.4. The lowest BCUT2D eigenvalue weighted by molar-refractivity contribution is -0.812. The first-order chi connectivity index (χ1) is 24.9. The number of hydrogen-bond donors (Lipinski definition) is 2. The molecule has 296 valence electrons. The molecular weight excluding hydrogens is 745 g/mol. The van der Waals surface area contributed by atoms with E-state index in [4.69, 9.17) is 27.0 Å². The quantitative estimate of drug-likeness (QED) is 0.310. The molecule has 0 aromatic heterocycles. The largest absolute Gasteiger partial charge is 0.759 e. The van der Waals surface area contributed by atoms with Gasteiger partial charge in [-0.2, -0.15) is 16.8 Å². The molecule has 17 heteroatoms. The summed E-state index contributed by atoms with van der Waals surface area (Å²) in [5.41, 5.74) is 5.48. The van der Waals surface area contributed by atoms with E-state index in [0.29, 0.717) is 23.9 Å². The Balaban J connectivity index is 0.000000161. The second-order valence-electron chi connectivity index (χ2n) is 15.5. The molecule has 14 nitrogen and oxygen atoms in total. The van der Waals surface area contributed by atoms with Crippen molar-refractivity contribution in [2.75, 3.05) is 66.0 Å². The van der Waals surface area contributed by atoms with Crippen molar-refractivity contribution in [3.05, 3.63) is 58.7 Å². The summed E-state index contributed by atoms with van der Waals surface area (Å²) >= 11 is 0. The lowest BCUT2D eigenvalue weighted by Gasteiger charge is -2.49. The van der Waals surface area contributed by atoms with Crippen molar-refractivity contribution in [3.8, 4) is 11.5 Å². The molecule has 6 heterocycles. The van der Waals surface area contributed by atoms with Gasteiger partial charge in [0.1, 0.15) is 23.6 Å². The van der Waals surface area contributed by atoms with Crippen LogP contribution >= 0.6 is 0 Å². The standard InChI is InChI=1S/2C18H26N2O3S.H2O4S/c2*1-23-15-5-6-16-13(10-15)7-9-19-12-14-4-3-8-20(24(2,21)22)17(14)11-18(16)19;1-5(2,3)4/h2*5-6,10,14,17-18H,3-4,7-9,11-12H2,1-2H3;(H2,1,2,3,4)/t2*14-,17+,18+;/m11./s1. The van der Waals surface area contributed by atoms with Gasteiger partial charge in [-0.05, 0) is 85.0 Å². The minimum absolute atomic E-state index is 0.239. The lowest BCUT2D eigenvalue weighted by atomic mass is 9.77. The van der Waals surface area contributed by atoms with E-state index in [1.54, 1.807) is 14.2 Å². The molecule has 0 bridgehead atoms. The Morgan fingerprint density at radius 3 is 1.38 bits per heavy atom. The molecule has 4 saturated heterocycles. The van der Waals surface area contributed by atoms with Gasteiger partial charge in [0, 0.05) is 73.3 Å². The number of benzene rings is 2. The molecule has 4 fully saturated rings. The second kappa shape index (κ2) is 16.0. The van der Waals surface area contributed by atoms with Crippen molar-refractivity contribution in [2.45, 2.75) is 75.5 Å². The van der Waals surface area contributed by atoms with Crippen LogP contribution < -0.4 is 18.1 Å². The first-order valence-corrected chi connectivity index (χ1v) is 23.7. The van der Waals surface area contributed by atoms with Gasteiger partial charge in [0.05, 0.1) is 39.8 Å². The fourth-order valence-corrected chi connectivity index (χ4v) is 12.9. The van der Waals surface area contributed by atoms with Crippen LogP contribution in [0.2, 0.25) is 0 Å². The van der Waals surface area contributed by atoms with E-state index < -0.39 is 30.4 Å². The molecule has 2 N–H and O–H groups in total. The summed E-state index contributed by atoms with van der Waals surface area (Å²) in [6, 6.07) is 14.0. The maximum absolute atomic E-state index is 12.3. The van der Waals surface area contributed by atoms with Crippen molar-refractivity contribution in [3.63, 3.8) is 0 Å². The third kappa shape index (κ3) is 9.38. The van der Waals surface area contributed by atoms with E-state index in [-0.39, 0.29) is 12.1 Å². The maximum Gasteiger partial charge on any atom is 0.292 e. The number of rotatable bonds is 4. The van der Waals surface area contributed by atoms with Crippen LogP contribution in [0.5, 0.6) is 11.5 Å². The van der Waals surface area contributed by atoms with Gasteiger partial charge in [0.25, 0.3) is 20.0 Å².